The van der Waals surface area contributed by atoms with Crippen molar-refractivity contribution in [3.63, 3.8) is 0 Å². The number of anilines is 1. The van der Waals surface area contributed by atoms with E-state index in [4.69, 9.17) is 11.6 Å². The first-order chi connectivity index (χ1) is 11.0. The fraction of sp³-hybridized carbons (Fsp3) is 0.444. The van der Waals surface area contributed by atoms with Crippen LogP contribution in [0.15, 0.2) is 30.5 Å². The molecule has 1 N–H and O–H groups in total. The second-order valence-electron chi connectivity index (χ2n) is 6.42. The van der Waals surface area contributed by atoms with Gasteiger partial charge in [0.2, 0.25) is 5.91 Å². The van der Waals surface area contributed by atoms with Gasteiger partial charge >= 0.3 is 0 Å². The highest BCUT2D eigenvalue weighted by atomic mass is 35.5. The molecule has 1 aliphatic heterocycles. The van der Waals surface area contributed by atoms with E-state index in [1.54, 1.807) is 0 Å². The summed E-state index contributed by atoms with van der Waals surface area (Å²) in [4.78, 5) is 18.4. The van der Waals surface area contributed by atoms with Crippen LogP contribution in [0.25, 0.3) is 10.9 Å². The standard InChI is InChI=1S/C18H22ClN3O/c1-12(2)18(23)22-9-6-14(7-10-22)21-17-5-8-20-16-4-3-13(19)11-15(16)17/h3-5,8,11-12,14H,6-7,9-10H2,1-2H3,(H,20,21). The molecule has 1 fully saturated rings. The molecule has 122 valence electrons. The van der Waals surface area contributed by atoms with Crippen molar-refractivity contribution in [1.29, 1.82) is 0 Å². The number of hydrogen-bond acceptors (Lipinski definition) is 3. The average molecular weight is 332 g/mol. The van der Waals surface area contributed by atoms with Crippen LogP contribution < -0.4 is 5.32 Å². The zero-order valence-electron chi connectivity index (χ0n) is 13.6. The highest BCUT2D eigenvalue weighted by molar-refractivity contribution is 6.31. The van der Waals surface area contributed by atoms with Gasteiger partial charge in [0.25, 0.3) is 0 Å². The van der Waals surface area contributed by atoms with Crippen LogP contribution in [0, 0.1) is 5.92 Å². The van der Waals surface area contributed by atoms with Crippen LogP contribution in [-0.4, -0.2) is 34.9 Å². The Bertz CT molecular complexity index is 708. The minimum Gasteiger partial charge on any atom is -0.382 e. The number of fused-ring (bicyclic) bond motifs is 1. The molecule has 2 heterocycles. The molecule has 23 heavy (non-hydrogen) atoms. The molecule has 1 aromatic heterocycles. The van der Waals surface area contributed by atoms with E-state index < -0.39 is 0 Å². The number of nitrogens with one attached hydrogen (secondary N) is 1. The van der Waals surface area contributed by atoms with Gasteiger partial charge < -0.3 is 10.2 Å². The highest BCUT2D eigenvalue weighted by Gasteiger charge is 2.24. The van der Waals surface area contributed by atoms with Gasteiger partial charge in [-0.05, 0) is 37.1 Å². The second-order valence-corrected chi connectivity index (χ2v) is 6.86. The molecular formula is C18H22ClN3O. The van der Waals surface area contributed by atoms with E-state index >= 15 is 0 Å². The summed E-state index contributed by atoms with van der Waals surface area (Å²) in [6.45, 7) is 5.55. The fourth-order valence-corrected chi connectivity index (χ4v) is 3.25. The zero-order valence-corrected chi connectivity index (χ0v) is 14.3. The van der Waals surface area contributed by atoms with Crippen molar-refractivity contribution in [3.8, 4) is 0 Å². The molecule has 1 saturated heterocycles. The number of aromatic nitrogens is 1. The summed E-state index contributed by atoms with van der Waals surface area (Å²) in [6, 6.07) is 8.10. The van der Waals surface area contributed by atoms with Crippen LogP contribution in [0.2, 0.25) is 5.02 Å². The summed E-state index contributed by atoms with van der Waals surface area (Å²) in [6.07, 6.45) is 3.74. The van der Waals surface area contributed by atoms with Gasteiger partial charge in [-0.1, -0.05) is 25.4 Å². The molecule has 5 heteroatoms. The maximum absolute atomic E-state index is 12.1. The Labute approximate surface area is 141 Å². The molecule has 3 rings (SSSR count). The molecule has 0 unspecified atom stereocenters. The number of piperidine rings is 1. The Morgan fingerprint density at radius 1 is 1.30 bits per heavy atom. The van der Waals surface area contributed by atoms with E-state index in [-0.39, 0.29) is 11.8 Å². The third-order valence-electron chi connectivity index (χ3n) is 4.36. The minimum absolute atomic E-state index is 0.0748. The fourth-order valence-electron chi connectivity index (χ4n) is 3.07. The van der Waals surface area contributed by atoms with E-state index in [9.17, 15) is 4.79 Å². The summed E-state index contributed by atoms with van der Waals surface area (Å²) in [7, 11) is 0. The van der Waals surface area contributed by atoms with Crippen LogP contribution in [0.5, 0.6) is 0 Å². The first kappa shape index (κ1) is 16.1. The third kappa shape index (κ3) is 3.58. The van der Waals surface area contributed by atoms with Crippen LogP contribution in [0.3, 0.4) is 0 Å². The Kier molecular flexibility index (Phi) is 4.71. The van der Waals surface area contributed by atoms with Gasteiger partial charge in [0, 0.05) is 47.3 Å². The van der Waals surface area contributed by atoms with E-state index in [0.717, 1.165) is 42.5 Å². The lowest BCUT2D eigenvalue weighted by atomic mass is 10.0. The Hall–Kier alpha value is -1.81. The van der Waals surface area contributed by atoms with Crippen molar-refractivity contribution >= 4 is 34.1 Å². The number of halogens is 1. The number of amides is 1. The van der Waals surface area contributed by atoms with Crippen LogP contribution >= 0.6 is 11.6 Å². The summed E-state index contributed by atoms with van der Waals surface area (Å²) >= 11 is 6.12. The minimum atomic E-state index is 0.0748. The molecule has 0 atom stereocenters. The maximum Gasteiger partial charge on any atom is 0.225 e. The third-order valence-corrected chi connectivity index (χ3v) is 4.60. The molecule has 1 aromatic carbocycles. The predicted molar refractivity (Wildman–Crippen MR) is 94.8 cm³/mol. The van der Waals surface area contributed by atoms with Gasteiger partial charge in [0.1, 0.15) is 0 Å². The second kappa shape index (κ2) is 6.75. The normalized spacial score (nSPS) is 16.1. The van der Waals surface area contributed by atoms with E-state index in [0.29, 0.717) is 11.1 Å². The predicted octanol–water partition coefficient (Wildman–Crippen LogP) is 3.95. The number of nitrogens with zero attached hydrogens (tertiary/aromatic N) is 2. The summed E-state index contributed by atoms with van der Waals surface area (Å²) < 4.78 is 0. The van der Waals surface area contributed by atoms with Crippen molar-refractivity contribution in [2.45, 2.75) is 32.7 Å². The monoisotopic (exact) mass is 331 g/mol. The van der Waals surface area contributed by atoms with Gasteiger partial charge in [-0.25, -0.2) is 0 Å². The summed E-state index contributed by atoms with van der Waals surface area (Å²) in [5.74, 6) is 0.329. The Balaban J connectivity index is 1.70. The Morgan fingerprint density at radius 2 is 2.04 bits per heavy atom. The number of likely N-dealkylation sites (tertiary alicyclic amines) is 1. The van der Waals surface area contributed by atoms with Crippen molar-refractivity contribution in [3.05, 3.63) is 35.5 Å². The summed E-state index contributed by atoms with van der Waals surface area (Å²) in [5, 5.41) is 5.36. The largest absolute Gasteiger partial charge is 0.382 e. The topological polar surface area (TPSA) is 45.2 Å². The quantitative estimate of drug-likeness (QED) is 0.926. The van der Waals surface area contributed by atoms with E-state index in [1.807, 2.05) is 49.2 Å². The zero-order chi connectivity index (χ0) is 16.4. The number of rotatable bonds is 3. The van der Waals surface area contributed by atoms with Crippen molar-refractivity contribution in [2.75, 3.05) is 18.4 Å². The Morgan fingerprint density at radius 3 is 2.74 bits per heavy atom. The van der Waals surface area contributed by atoms with Gasteiger partial charge in [0.05, 0.1) is 5.52 Å². The first-order valence-electron chi connectivity index (χ1n) is 8.14. The van der Waals surface area contributed by atoms with E-state index in [1.165, 1.54) is 0 Å². The van der Waals surface area contributed by atoms with Gasteiger partial charge in [-0.2, -0.15) is 0 Å². The lowest BCUT2D eigenvalue weighted by Gasteiger charge is -2.34. The van der Waals surface area contributed by atoms with Gasteiger partial charge in [-0.3, -0.25) is 9.78 Å². The summed E-state index contributed by atoms with van der Waals surface area (Å²) in [5.41, 5.74) is 2.00. The lowest BCUT2D eigenvalue weighted by Crippen LogP contribution is -2.44. The molecule has 0 aliphatic carbocycles. The van der Waals surface area contributed by atoms with Crippen molar-refractivity contribution in [1.82, 2.24) is 9.88 Å². The van der Waals surface area contributed by atoms with Gasteiger partial charge in [0.15, 0.2) is 0 Å². The lowest BCUT2D eigenvalue weighted by molar-refractivity contribution is -0.135. The number of carbonyl (C=O) groups is 1. The molecular weight excluding hydrogens is 310 g/mol. The highest BCUT2D eigenvalue weighted by Crippen LogP contribution is 2.27. The SMILES string of the molecule is CC(C)C(=O)N1CCC(Nc2ccnc3ccc(Cl)cc23)CC1. The molecule has 0 saturated carbocycles. The van der Waals surface area contributed by atoms with Crippen LogP contribution in [0.4, 0.5) is 5.69 Å². The number of benzene rings is 1. The molecule has 2 aromatic rings. The molecule has 0 spiro atoms. The molecule has 1 aliphatic rings. The smallest absolute Gasteiger partial charge is 0.225 e. The average Bonchev–Trinajstić information content (AvgIpc) is 2.55. The van der Waals surface area contributed by atoms with E-state index in [2.05, 4.69) is 10.3 Å². The first-order valence-corrected chi connectivity index (χ1v) is 8.52. The van der Waals surface area contributed by atoms with Crippen molar-refractivity contribution in [2.24, 2.45) is 5.92 Å². The number of pyridine rings is 1. The van der Waals surface area contributed by atoms with Gasteiger partial charge in [-0.15, -0.1) is 0 Å². The maximum atomic E-state index is 12.1. The molecule has 1 amide bonds. The number of carbonyl (C=O) groups excluding carboxylic acids is 1. The molecule has 4 nitrogen and oxygen atoms in total. The molecule has 0 bridgehead atoms. The van der Waals surface area contributed by atoms with Crippen LogP contribution in [0.1, 0.15) is 26.7 Å². The number of hydrogen-bond donors (Lipinski definition) is 1. The van der Waals surface area contributed by atoms with Crippen LogP contribution in [-0.2, 0) is 4.79 Å². The molecule has 0 radical (unpaired) electrons. The van der Waals surface area contributed by atoms with Crippen molar-refractivity contribution < 1.29 is 4.79 Å².